The number of hydrogen-bond donors (Lipinski definition) is 2. The Balaban J connectivity index is 1.95. The van der Waals surface area contributed by atoms with Gasteiger partial charge in [0.1, 0.15) is 17.6 Å². The molecule has 4 aromatic heterocycles. The van der Waals surface area contributed by atoms with Gasteiger partial charge in [0.05, 0.1) is 41.3 Å². The predicted octanol–water partition coefficient (Wildman–Crippen LogP) is 3.59. The Bertz CT molecular complexity index is 1240. The van der Waals surface area contributed by atoms with Crippen LogP contribution in [-0.4, -0.2) is 33.0 Å². The summed E-state index contributed by atoms with van der Waals surface area (Å²) in [5, 5.41) is 14.0. The summed E-state index contributed by atoms with van der Waals surface area (Å²) in [7, 11) is 1.58. The topological polar surface area (TPSA) is 117 Å². The van der Waals surface area contributed by atoms with E-state index >= 15 is 0 Å². The number of nitrogens with zero attached hydrogens (tertiary/aromatic N) is 4. The Morgan fingerprint density at radius 1 is 1.36 bits per heavy atom. The van der Waals surface area contributed by atoms with Gasteiger partial charge in [-0.2, -0.15) is 5.26 Å². The highest BCUT2D eigenvalue weighted by molar-refractivity contribution is 7.10. The smallest absolute Gasteiger partial charge is 0.222 e. The first-order valence-corrected chi connectivity index (χ1v) is 9.12. The maximum Gasteiger partial charge on any atom is 0.222 e. The van der Waals surface area contributed by atoms with Crippen LogP contribution in [0.1, 0.15) is 11.9 Å². The van der Waals surface area contributed by atoms with Crippen molar-refractivity contribution >= 4 is 34.1 Å². The number of rotatable bonds is 4. The normalized spacial score (nSPS) is 10.6. The van der Waals surface area contributed by atoms with E-state index in [1.54, 1.807) is 25.6 Å². The number of amides is 1. The molecule has 138 valence electrons. The molecule has 4 aromatic rings. The monoisotopic (exact) mass is 390 g/mol. The SMILES string of the molecule is COc1cnc2c(-c3csc(C#N)n3)c(-c3ccnc(NC(C)=O)c3)[nH]c2c1. The molecule has 0 aromatic carbocycles. The van der Waals surface area contributed by atoms with Gasteiger partial charge < -0.3 is 15.0 Å². The molecule has 0 atom stereocenters. The molecule has 9 heteroatoms. The average Bonchev–Trinajstić information content (AvgIpc) is 3.31. The Kier molecular flexibility index (Phi) is 4.47. The molecule has 0 unspecified atom stereocenters. The molecule has 0 saturated heterocycles. The van der Waals surface area contributed by atoms with Crippen molar-refractivity contribution in [3.8, 4) is 34.3 Å². The molecular formula is C19H14N6O2S. The van der Waals surface area contributed by atoms with Crippen LogP contribution in [0.25, 0.3) is 33.5 Å². The van der Waals surface area contributed by atoms with Crippen molar-refractivity contribution in [1.29, 1.82) is 5.26 Å². The lowest BCUT2D eigenvalue weighted by Crippen LogP contribution is -2.07. The zero-order chi connectivity index (χ0) is 19.7. The Morgan fingerprint density at radius 3 is 2.93 bits per heavy atom. The van der Waals surface area contributed by atoms with Crippen molar-refractivity contribution in [1.82, 2.24) is 19.9 Å². The second kappa shape index (κ2) is 7.09. The van der Waals surface area contributed by atoms with Gasteiger partial charge in [0.15, 0.2) is 5.01 Å². The zero-order valence-corrected chi connectivity index (χ0v) is 15.8. The average molecular weight is 390 g/mol. The van der Waals surface area contributed by atoms with Crippen LogP contribution < -0.4 is 10.1 Å². The largest absolute Gasteiger partial charge is 0.495 e. The van der Waals surface area contributed by atoms with Crippen molar-refractivity contribution in [2.75, 3.05) is 12.4 Å². The number of ether oxygens (including phenoxy) is 1. The van der Waals surface area contributed by atoms with Gasteiger partial charge in [-0.05, 0) is 12.1 Å². The predicted molar refractivity (Wildman–Crippen MR) is 106 cm³/mol. The van der Waals surface area contributed by atoms with Crippen molar-refractivity contribution in [3.05, 3.63) is 41.0 Å². The molecule has 0 saturated carbocycles. The number of methoxy groups -OCH3 is 1. The van der Waals surface area contributed by atoms with E-state index in [4.69, 9.17) is 10.00 Å². The van der Waals surface area contributed by atoms with Gasteiger partial charge in [0, 0.05) is 30.1 Å². The number of H-pyrrole nitrogens is 1. The summed E-state index contributed by atoms with van der Waals surface area (Å²) in [6, 6.07) is 7.51. The van der Waals surface area contributed by atoms with Crippen molar-refractivity contribution in [2.45, 2.75) is 6.92 Å². The van der Waals surface area contributed by atoms with E-state index < -0.39 is 0 Å². The van der Waals surface area contributed by atoms with Gasteiger partial charge in [-0.15, -0.1) is 11.3 Å². The number of hydrogen-bond acceptors (Lipinski definition) is 7. The molecule has 0 aliphatic carbocycles. The van der Waals surface area contributed by atoms with Crippen LogP contribution in [0.2, 0.25) is 0 Å². The highest BCUT2D eigenvalue weighted by atomic mass is 32.1. The summed E-state index contributed by atoms with van der Waals surface area (Å²) < 4.78 is 5.27. The molecule has 2 N–H and O–H groups in total. The lowest BCUT2D eigenvalue weighted by Gasteiger charge is -2.05. The fourth-order valence-electron chi connectivity index (χ4n) is 2.91. The molecule has 0 fully saturated rings. The van der Waals surface area contributed by atoms with Gasteiger partial charge >= 0.3 is 0 Å². The summed E-state index contributed by atoms with van der Waals surface area (Å²) in [6.45, 7) is 1.43. The lowest BCUT2D eigenvalue weighted by atomic mass is 10.1. The number of aromatic amines is 1. The highest BCUT2D eigenvalue weighted by Crippen LogP contribution is 2.38. The Hall–Kier alpha value is -3.77. The number of fused-ring (bicyclic) bond motifs is 1. The van der Waals surface area contributed by atoms with Crippen LogP contribution in [0, 0.1) is 11.3 Å². The van der Waals surface area contributed by atoms with Crippen molar-refractivity contribution in [2.24, 2.45) is 0 Å². The molecule has 0 spiro atoms. The van der Waals surface area contributed by atoms with Crippen LogP contribution in [-0.2, 0) is 4.79 Å². The number of nitrogens with one attached hydrogen (secondary N) is 2. The second-order valence-corrected chi connectivity index (χ2v) is 6.77. The number of pyridine rings is 2. The third-order valence-corrected chi connectivity index (χ3v) is 4.80. The molecule has 28 heavy (non-hydrogen) atoms. The minimum Gasteiger partial charge on any atom is -0.495 e. The van der Waals surface area contributed by atoms with Crippen molar-refractivity contribution in [3.63, 3.8) is 0 Å². The minimum atomic E-state index is -0.203. The van der Waals surface area contributed by atoms with Gasteiger partial charge in [-0.25, -0.2) is 9.97 Å². The third kappa shape index (κ3) is 3.17. The van der Waals surface area contributed by atoms with Crippen LogP contribution in [0.3, 0.4) is 0 Å². The summed E-state index contributed by atoms with van der Waals surface area (Å²) in [5.41, 5.74) is 4.47. The van der Waals surface area contributed by atoms with E-state index in [0.29, 0.717) is 27.8 Å². The molecule has 1 amide bonds. The fourth-order valence-corrected chi connectivity index (χ4v) is 3.51. The Morgan fingerprint density at radius 2 is 2.21 bits per heavy atom. The van der Waals surface area contributed by atoms with E-state index in [0.717, 1.165) is 22.3 Å². The number of nitriles is 1. The molecule has 0 aliphatic heterocycles. The first-order valence-electron chi connectivity index (χ1n) is 8.24. The van der Waals surface area contributed by atoms with Gasteiger partial charge in [-0.1, -0.05) is 0 Å². The maximum absolute atomic E-state index is 11.4. The van der Waals surface area contributed by atoms with E-state index in [1.807, 2.05) is 17.5 Å². The third-order valence-electron chi connectivity index (χ3n) is 4.05. The number of aromatic nitrogens is 4. The minimum absolute atomic E-state index is 0.203. The molecule has 0 bridgehead atoms. The fraction of sp³-hybridized carbons (Fsp3) is 0.105. The number of thiazole rings is 1. The van der Waals surface area contributed by atoms with Crippen LogP contribution in [0.5, 0.6) is 5.75 Å². The van der Waals surface area contributed by atoms with Crippen LogP contribution in [0.15, 0.2) is 36.0 Å². The first-order chi connectivity index (χ1) is 13.6. The number of carbonyl (C=O) groups is 1. The quantitative estimate of drug-likeness (QED) is 0.550. The summed E-state index contributed by atoms with van der Waals surface area (Å²) in [4.78, 5) is 27.8. The number of anilines is 1. The summed E-state index contributed by atoms with van der Waals surface area (Å²) in [5.74, 6) is 0.860. The van der Waals surface area contributed by atoms with E-state index in [9.17, 15) is 4.79 Å². The first kappa shape index (κ1) is 17.6. The van der Waals surface area contributed by atoms with E-state index in [-0.39, 0.29) is 5.91 Å². The van der Waals surface area contributed by atoms with Crippen LogP contribution >= 0.6 is 11.3 Å². The zero-order valence-electron chi connectivity index (χ0n) is 15.0. The van der Waals surface area contributed by atoms with Crippen LogP contribution in [0.4, 0.5) is 5.82 Å². The highest BCUT2D eigenvalue weighted by Gasteiger charge is 2.20. The molecular weight excluding hydrogens is 376 g/mol. The van der Waals surface area contributed by atoms with Gasteiger partial charge in [-0.3, -0.25) is 9.78 Å². The van der Waals surface area contributed by atoms with E-state index in [1.165, 1.54) is 18.3 Å². The van der Waals surface area contributed by atoms with E-state index in [2.05, 4.69) is 31.3 Å². The lowest BCUT2D eigenvalue weighted by molar-refractivity contribution is -0.114. The maximum atomic E-state index is 11.4. The molecule has 4 rings (SSSR count). The second-order valence-electron chi connectivity index (χ2n) is 5.91. The Labute approximate surface area is 163 Å². The standard InChI is InChI=1S/C19H14N6O2S/c1-10(26)23-15-5-11(3-4-21-15)18-17(14-9-28-16(7-20)24-14)19-13(25-18)6-12(27-2)8-22-19/h3-6,8-9,25H,1-2H3,(H,21,23,26). The molecule has 4 heterocycles. The number of carbonyl (C=O) groups excluding carboxylic acids is 1. The van der Waals surface area contributed by atoms with Gasteiger partial charge in [0.2, 0.25) is 5.91 Å². The van der Waals surface area contributed by atoms with Crippen molar-refractivity contribution < 1.29 is 9.53 Å². The molecule has 0 radical (unpaired) electrons. The molecule has 0 aliphatic rings. The summed E-state index contributed by atoms with van der Waals surface area (Å²) >= 11 is 1.27. The van der Waals surface area contributed by atoms with Gasteiger partial charge in [0.25, 0.3) is 0 Å². The molecule has 8 nitrogen and oxygen atoms in total. The summed E-state index contributed by atoms with van der Waals surface area (Å²) in [6.07, 6.45) is 3.25.